The van der Waals surface area contributed by atoms with Crippen LogP contribution in [0.3, 0.4) is 0 Å². The van der Waals surface area contributed by atoms with Gasteiger partial charge in [0.15, 0.2) is 11.2 Å². The number of hydrogen-bond acceptors (Lipinski definition) is 9. The van der Waals surface area contributed by atoms with Gasteiger partial charge in [-0.3, -0.25) is 9.69 Å². The minimum Gasteiger partial charge on any atom is -0.480 e. The summed E-state index contributed by atoms with van der Waals surface area (Å²) in [4.78, 5) is 23.1. The molecule has 3 heterocycles. The smallest absolute Gasteiger partial charge is 0.420 e. The highest BCUT2D eigenvalue weighted by molar-refractivity contribution is 5.81. The molecule has 15 heteroatoms. The predicted molar refractivity (Wildman–Crippen MR) is 192 cm³/mol. The number of alkyl halides is 5. The van der Waals surface area contributed by atoms with Gasteiger partial charge in [-0.15, -0.1) is 0 Å². The van der Waals surface area contributed by atoms with Gasteiger partial charge in [0.25, 0.3) is 0 Å². The van der Waals surface area contributed by atoms with Crippen molar-refractivity contribution in [1.29, 1.82) is 0 Å². The van der Waals surface area contributed by atoms with Gasteiger partial charge in [0, 0.05) is 37.2 Å². The molecular weight excluding hydrogens is 727 g/mol. The van der Waals surface area contributed by atoms with Crippen molar-refractivity contribution >= 4 is 33.7 Å². The summed E-state index contributed by atoms with van der Waals surface area (Å²) in [6.07, 6.45) is 0.817. The van der Waals surface area contributed by atoms with Gasteiger partial charge >= 0.3 is 18.8 Å². The van der Waals surface area contributed by atoms with E-state index in [0.717, 1.165) is 22.8 Å². The van der Waals surface area contributed by atoms with Gasteiger partial charge in [0.05, 0.1) is 6.10 Å². The molecular formula is C40H39F5N4O6. The number of nitrogens with zero attached hydrogens (tertiary/aromatic N) is 3. The third-order valence-electron chi connectivity index (χ3n) is 10.4. The van der Waals surface area contributed by atoms with E-state index < -0.39 is 53.4 Å². The highest BCUT2D eigenvalue weighted by atomic mass is 19.4. The maximum absolute atomic E-state index is 14.6. The Bertz CT molecular complexity index is 2300. The number of carboxylic acid groups (broad SMARTS) is 1. The van der Waals surface area contributed by atoms with Gasteiger partial charge in [-0.2, -0.15) is 22.0 Å². The number of carbonyl (C=O) groups is 1. The van der Waals surface area contributed by atoms with Crippen LogP contribution in [0.5, 0.6) is 5.75 Å². The lowest BCUT2D eigenvalue weighted by Gasteiger charge is -2.35. The lowest BCUT2D eigenvalue weighted by molar-refractivity contribution is -0.142. The van der Waals surface area contributed by atoms with Crippen molar-refractivity contribution in [1.82, 2.24) is 20.2 Å². The molecule has 3 aromatic carbocycles. The molecule has 1 saturated heterocycles. The van der Waals surface area contributed by atoms with Gasteiger partial charge < -0.3 is 29.1 Å². The molecule has 0 amide bonds. The molecule has 2 aromatic heterocycles. The Kier molecular flexibility index (Phi) is 10.3. The number of aryl methyl sites for hydroxylation is 1. The average molecular weight is 767 g/mol. The molecule has 1 aliphatic carbocycles. The quantitative estimate of drug-likeness (QED) is 0.107. The van der Waals surface area contributed by atoms with E-state index in [1.165, 1.54) is 18.2 Å². The van der Waals surface area contributed by atoms with Crippen molar-refractivity contribution in [3.63, 3.8) is 0 Å². The number of hydrogen-bond donors (Lipinski definition) is 3. The van der Waals surface area contributed by atoms with E-state index in [9.17, 15) is 37.0 Å². The molecule has 0 radical (unpaired) electrons. The SMILES string of the molecule is Cc1ccccc1C1=CC=CC(c2nc3cc(CN4CCC[C@H]4C(=O)O)c(OC(F)F)cc3o2)(c2nc3cc(CNCC(C)O)cc(C(F)(F)F)c3o2)C1C. The first-order valence-electron chi connectivity index (χ1n) is 17.9. The van der Waals surface area contributed by atoms with E-state index in [4.69, 9.17) is 23.5 Å². The summed E-state index contributed by atoms with van der Waals surface area (Å²) in [5.74, 6) is -2.02. The Morgan fingerprint density at radius 3 is 2.56 bits per heavy atom. The van der Waals surface area contributed by atoms with Gasteiger partial charge in [0.2, 0.25) is 11.8 Å². The van der Waals surface area contributed by atoms with E-state index in [2.05, 4.69) is 5.32 Å². The van der Waals surface area contributed by atoms with Gasteiger partial charge in [-0.1, -0.05) is 49.4 Å². The largest absolute Gasteiger partial charge is 0.480 e. The van der Waals surface area contributed by atoms with E-state index in [0.29, 0.717) is 19.4 Å². The number of aliphatic hydroxyl groups excluding tert-OH is 1. The first-order chi connectivity index (χ1) is 26.1. The third-order valence-corrected chi connectivity index (χ3v) is 10.4. The van der Waals surface area contributed by atoms with Crippen molar-refractivity contribution in [2.24, 2.45) is 5.92 Å². The Labute approximate surface area is 312 Å². The Hall–Kier alpha value is -5.12. The summed E-state index contributed by atoms with van der Waals surface area (Å²) >= 11 is 0. The molecule has 3 N–H and O–H groups in total. The fourth-order valence-corrected chi connectivity index (χ4v) is 7.69. The number of allylic oxidation sites excluding steroid dienone is 4. The van der Waals surface area contributed by atoms with Crippen LogP contribution in [0.1, 0.15) is 66.3 Å². The number of aliphatic carboxylic acids is 1. The summed E-state index contributed by atoms with van der Waals surface area (Å²) in [7, 11) is 0. The molecule has 0 spiro atoms. The van der Waals surface area contributed by atoms with Crippen molar-refractivity contribution in [3.8, 4) is 5.75 Å². The number of aliphatic hydroxyl groups is 1. The molecule has 1 fully saturated rings. The zero-order valence-electron chi connectivity index (χ0n) is 30.2. The number of fused-ring (bicyclic) bond motifs is 2. The molecule has 1 aliphatic heterocycles. The molecule has 0 bridgehead atoms. The van der Waals surface area contributed by atoms with Gasteiger partial charge in [0.1, 0.15) is 33.8 Å². The highest BCUT2D eigenvalue weighted by Gasteiger charge is 2.50. The normalized spacial score (nSPS) is 21.2. The summed E-state index contributed by atoms with van der Waals surface area (Å²) in [5, 5.41) is 22.4. The van der Waals surface area contributed by atoms with E-state index in [1.54, 1.807) is 24.0 Å². The molecule has 7 rings (SSSR count). The van der Waals surface area contributed by atoms with Crippen LogP contribution in [-0.4, -0.2) is 62.9 Å². The van der Waals surface area contributed by atoms with Gasteiger partial charge in [-0.25, -0.2) is 9.97 Å². The molecule has 4 atom stereocenters. The minimum atomic E-state index is -4.81. The molecule has 0 saturated carbocycles. The van der Waals surface area contributed by atoms with Crippen LogP contribution in [0.15, 0.2) is 75.6 Å². The van der Waals surface area contributed by atoms with Crippen molar-refractivity contribution in [2.75, 3.05) is 13.1 Å². The lowest BCUT2D eigenvalue weighted by atomic mass is 9.67. The van der Waals surface area contributed by atoms with Crippen LogP contribution in [0, 0.1) is 12.8 Å². The molecule has 3 unspecified atom stereocenters. The number of carboxylic acids is 1. The topological polar surface area (TPSA) is 134 Å². The Morgan fingerprint density at radius 2 is 1.85 bits per heavy atom. The number of aromatic nitrogens is 2. The zero-order valence-corrected chi connectivity index (χ0v) is 30.2. The number of benzene rings is 3. The first-order valence-corrected chi connectivity index (χ1v) is 17.9. The number of likely N-dealkylation sites (tertiary alicyclic amines) is 1. The molecule has 5 aromatic rings. The van der Waals surface area contributed by atoms with Crippen LogP contribution < -0.4 is 10.1 Å². The van der Waals surface area contributed by atoms with Crippen LogP contribution in [0.25, 0.3) is 27.8 Å². The monoisotopic (exact) mass is 766 g/mol. The Balaban J connectivity index is 1.41. The zero-order chi connectivity index (χ0) is 39.2. The first kappa shape index (κ1) is 38.2. The highest BCUT2D eigenvalue weighted by Crippen LogP contribution is 2.51. The number of ether oxygens (including phenoxy) is 1. The van der Waals surface area contributed by atoms with E-state index in [-0.39, 0.29) is 64.9 Å². The van der Waals surface area contributed by atoms with E-state index in [1.807, 2.05) is 44.2 Å². The van der Waals surface area contributed by atoms with Crippen LogP contribution in [0.4, 0.5) is 22.0 Å². The van der Waals surface area contributed by atoms with Crippen molar-refractivity contribution in [3.05, 3.63) is 106 Å². The summed E-state index contributed by atoms with van der Waals surface area (Å²) in [6, 6.07) is 12.1. The fraction of sp³-hybridized carbons (Fsp3) is 0.375. The maximum Gasteiger partial charge on any atom is 0.420 e. The number of halogens is 5. The predicted octanol–water partition coefficient (Wildman–Crippen LogP) is 7.99. The third kappa shape index (κ3) is 7.35. The maximum atomic E-state index is 14.6. The van der Waals surface area contributed by atoms with Gasteiger partial charge in [-0.05, 0) is 73.7 Å². The molecule has 2 aliphatic rings. The van der Waals surface area contributed by atoms with Crippen molar-refractivity contribution < 1.29 is 50.5 Å². The van der Waals surface area contributed by atoms with Crippen molar-refractivity contribution in [2.45, 2.75) is 77.1 Å². The fourth-order valence-electron chi connectivity index (χ4n) is 7.69. The summed E-state index contributed by atoms with van der Waals surface area (Å²) in [6.45, 7) is 2.75. The number of rotatable bonds is 12. The van der Waals surface area contributed by atoms with Crippen LogP contribution >= 0.6 is 0 Å². The standard InChI is InChI=1S/C40H39F5N4O6/c1-21-8-4-5-9-26(21)27-10-6-12-39(23(27)3,37-48-30-15-24(19-46-18-22(2)50)14-28(34(30)55-37)40(43,44)45)36-47-29-16-25(20-49-13-7-11-31(49)35(51)52)32(54-38(41)42)17-33(29)53-36/h4-6,8-10,12,14-17,22-23,31,38,46,50H,7,11,13,18-20H2,1-3H3,(H,51,52)/t22?,23?,31-,39?/m0/s1. The van der Waals surface area contributed by atoms with Crippen LogP contribution in [0.2, 0.25) is 0 Å². The number of oxazole rings is 2. The van der Waals surface area contributed by atoms with E-state index >= 15 is 0 Å². The average Bonchev–Trinajstić information content (AvgIpc) is 3.87. The molecule has 55 heavy (non-hydrogen) atoms. The molecule has 10 nitrogen and oxygen atoms in total. The molecule has 290 valence electrons. The lowest BCUT2D eigenvalue weighted by Crippen LogP contribution is -2.36. The summed E-state index contributed by atoms with van der Waals surface area (Å²) < 4.78 is 88.8. The second-order valence-electron chi connectivity index (χ2n) is 14.2. The summed E-state index contributed by atoms with van der Waals surface area (Å²) in [5.41, 5.74) is 0.272. The van der Waals surface area contributed by atoms with Crippen LogP contribution in [-0.2, 0) is 29.5 Å². The Morgan fingerprint density at radius 1 is 1.11 bits per heavy atom. The second-order valence-corrected chi connectivity index (χ2v) is 14.2. The number of nitrogens with one attached hydrogen (secondary N) is 1. The second kappa shape index (κ2) is 14.8. The minimum absolute atomic E-state index is 0.0154.